The highest BCUT2D eigenvalue weighted by Crippen LogP contribution is 2.19. The highest BCUT2D eigenvalue weighted by Gasteiger charge is 1.96. The van der Waals surface area contributed by atoms with Crippen molar-refractivity contribution in [1.29, 1.82) is 0 Å². The van der Waals surface area contributed by atoms with Crippen LogP contribution in [0, 0.1) is 6.92 Å². The van der Waals surface area contributed by atoms with Crippen LogP contribution in [0.5, 0.6) is 0 Å². The third-order valence-electron chi connectivity index (χ3n) is 2.07. The molecule has 0 bridgehead atoms. The van der Waals surface area contributed by atoms with Gasteiger partial charge in [-0.2, -0.15) is 0 Å². The smallest absolute Gasteiger partial charge is 0.0441 e. The summed E-state index contributed by atoms with van der Waals surface area (Å²) in [6.45, 7) is 4.15. The maximum Gasteiger partial charge on any atom is 0.0441 e. The molecule has 14 heavy (non-hydrogen) atoms. The summed E-state index contributed by atoms with van der Waals surface area (Å²) in [5, 5.41) is 0.826. The van der Waals surface area contributed by atoms with Gasteiger partial charge >= 0.3 is 0 Å². The summed E-state index contributed by atoms with van der Waals surface area (Å²) in [5.41, 5.74) is 2.31. The Kier molecular flexibility index (Phi) is 4.48. The lowest BCUT2D eigenvalue weighted by molar-refractivity contribution is 1.22. The van der Waals surface area contributed by atoms with Gasteiger partial charge in [-0.05, 0) is 30.5 Å². The van der Waals surface area contributed by atoms with Crippen LogP contribution in [-0.2, 0) is 0 Å². The van der Waals surface area contributed by atoms with Gasteiger partial charge in [0.2, 0.25) is 0 Å². The average Bonchev–Trinajstić information content (AvgIpc) is 2.19. The molecule has 74 valence electrons. The molecule has 0 aliphatic rings. The van der Waals surface area contributed by atoms with E-state index in [9.17, 15) is 0 Å². The fourth-order valence-electron chi connectivity index (χ4n) is 1.18. The Morgan fingerprint density at radius 2 is 2.07 bits per heavy atom. The van der Waals surface area contributed by atoms with Gasteiger partial charge in [0.05, 0.1) is 0 Å². The van der Waals surface area contributed by atoms with Crippen molar-refractivity contribution in [3.63, 3.8) is 0 Å². The van der Waals surface area contributed by atoms with E-state index >= 15 is 0 Å². The Morgan fingerprint density at radius 1 is 1.29 bits per heavy atom. The molecule has 0 nitrogen and oxygen atoms in total. The fourth-order valence-corrected chi connectivity index (χ4v) is 1.36. The summed E-state index contributed by atoms with van der Waals surface area (Å²) in [5.74, 6) is 0. The predicted molar refractivity (Wildman–Crippen MR) is 64.7 cm³/mol. The monoisotopic (exact) mass is 206 g/mol. The second-order valence-electron chi connectivity index (χ2n) is 3.15. The molecule has 1 aromatic carbocycles. The summed E-state index contributed by atoms with van der Waals surface area (Å²) in [7, 11) is 0. The van der Waals surface area contributed by atoms with Crippen LogP contribution in [-0.4, -0.2) is 0 Å². The topological polar surface area (TPSA) is 0 Å². The third kappa shape index (κ3) is 3.04. The summed E-state index contributed by atoms with van der Waals surface area (Å²) in [4.78, 5) is 0. The van der Waals surface area contributed by atoms with Crippen molar-refractivity contribution in [3.05, 3.63) is 52.6 Å². The SMILES string of the molecule is CC/C=C/C=C/c1cccc(Cl)c1C. The second kappa shape index (κ2) is 5.66. The van der Waals surface area contributed by atoms with Gasteiger partial charge in [0.25, 0.3) is 0 Å². The maximum atomic E-state index is 6.00. The fraction of sp³-hybridized carbons (Fsp3) is 0.231. The molecule has 0 aliphatic carbocycles. The first-order valence-electron chi connectivity index (χ1n) is 4.84. The van der Waals surface area contributed by atoms with Crippen LogP contribution >= 0.6 is 11.6 Å². The molecule has 0 heterocycles. The molecule has 0 unspecified atom stereocenters. The van der Waals surface area contributed by atoms with E-state index in [0.717, 1.165) is 17.0 Å². The summed E-state index contributed by atoms with van der Waals surface area (Å²) in [6.07, 6.45) is 9.37. The molecule has 0 atom stereocenters. The van der Waals surface area contributed by atoms with E-state index in [2.05, 4.69) is 31.2 Å². The molecular weight excluding hydrogens is 192 g/mol. The molecule has 0 spiro atoms. The summed E-state index contributed by atoms with van der Waals surface area (Å²) in [6, 6.07) is 5.95. The zero-order valence-electron chi connectivity index (χ0n) is 8.63. The van der Waals surface area contributed by atoms with E-state index in [1.54, 1.807) is 0 Å². The van der Waals surface area contributed by atoms with Crippen molar-refractivity contribution < 1.29 is 0 Å². The highest BCUT2D eigenvalue weighted by atomic mass is 35.5. The standard InChI is InChI=1S/C13H15Cl/c1-3-4-5-6-8-12-9-7-10-13(14)11(12)2/h4-10H,3H2,1-2H3/b5-4+,8-6+. The van der Waals surface area contributed by atoms with Crippen LogP contribution < -0.4 is 0 Å². The Labute approximate surface area is 90.9 Å². The Balaban J connectivity index is 2.81. The van der Waals surface area contributed by atoms with E-state index in [1.165, 1.54) is 5.56 Å². The van der Waals surface area contributed by atoms with Crippen molar-refractivity contribution >= 4 is 17.7 Å². The summed E-state index contributed by atoms with van der Waals surface area (Å²) >= 11 is 6.00. The molecular formula is C13H15Cl. The normalized spacial score (nSPS) is 11.6. The molecule has 0 fully saturated rings. The largest absolute Gasteiger partial charge is 0.0848 e. The molecule has 0 aromatic heterocycles. The lowest BCUT2D eigenvalue weighted by atomic mass is 10.1. The van der Waals surface area contributed by atoms with Gasteiger partial charge in [-0.3, -0.25) is 0 Å². The first kappa shape index (κ1) is 11.1. The van der Waals surface area contributed by atoms with Gasteiger partial charge in [0.15, 0.2) is 0 Å². The van der Waals surface area contributed by atoms with E-state index in [1.807, 2.05) is 25.1 Å². The minimum absolute atomic E-state index is 0.826. The van der Waals surface area contributed by atoms with Crippen LogP contribution in [0.4, 0.5) is 0 Å². The van der Waals surface area contributed by atoms with Crippen LogP contribution in [0.25, 0.3) is 6.08 Å². The van der Waals surface area contributed by atoms with Crippen molar-refractivity contribution in [2.24, 2.45) is 0 Å². The second-order valence-corrected chi connectivity index (χ2v) is 3.56. The Morgan fingerprint density at radius 3 is 2.79 bits per heavy atom. The molecule has 1 heteroatoms. The quantitative estimate of drug-likeness (QED) is 0.633. The van der Waals surface area contributed by atoms with E-state index < -0.39 is 0 Å². The van der Waals surface area contributed by atoms with Crippen LogP contribution in [0.1, 0.15) is 24.5 Å². The molecule has 0 N–H and O–H groups in total. The van der Waals surface area contributed by atoms with Crippen LogP contribution in [0.15, 0.2) is 36.4 Å². The van der Waals surface area contributed by atoms with E-state index in [0.29, 0.717) is 0 Å². The van der Waals surface area contributed by atoms with E-state index in [4.69, 9.17) is 11.6 Å². The lowest BCUT2D eigenvalue weighted by Gasteiger charge is -2.00. The number of rotatable bonds is 3. The number of allylic oxidation sites excluding steroid dienone is 3. The zero-order valence-corrected chi connectivity index (χ0v) is 9.38. The minimum atomic E-state index is 0.826. The first-order chi connectivity index (χ1) is 6.75. The molecule has 0 saturated carbocycles. The number of hydrogen-bond donors (Lipinski definition) is 0. The molecule has 1 aromatic rings. The van der Waals surface area contributed by atoms with Gasteiger partial charge in [-0.25, -0.2) is 0 Å². The number of halogens is 1. The van der Waals surface area contributed by atoms with Crippen molar-refractivity contribution in [2.75, 3.05) is 0 Å². The van der Waals surface area contributed by atoms with Crippen LogP contribution in [0.2, 0.25) is 5.02 Å². The van der Waals surface area contributed by atoms with Gasteiger partial charge < -0.3 is 0 Å². The Hall–Kier alpha value is -1.01. The maximum absolute atomic E-state index is 6.00. The molecule has 0 radical (unpaired) electrons. The zero-order chi connectivity index (χ0) is 10.4. The molecule has 0 amide bonds. The number of hydrogen-bond acceptors (Lipinski definition) is 0. The van der Waals surface area contributed by atoms with Gasteiger partial charge in [0.1, 0.15) is 0 Å². The predicted octanol–water partition coefficient (Wildman–Crippen LogP) is 4.63. The van der Waals surface area contributed by atoms with Gasteiger partial charge in [-0.1, -0.05) is 55.0 Å². The van der Waals surface area contributed by atoms with E-state index in [-0.39, 0.29) is 0 Å². The molecule has 0 saturated heterocycles. The van der Waals surface area contributed by atoms with Crippen molar-refractivity contribution in [2.45, 2.75) is 20.3 Å². The summed E-state index contributed by atoms with van der Waals surface area (Å²) < 4.78 is 0. The average molecular weight is 207 g/mol. The minimum Gasteiger partial charge on any atom is -0.0848 e. The molecule has 0 aliphatic heterocycles. The molecule has 1 rings (SSSR count). The van der Waals surface area contributed by atoms with Crippen LogP contribution in [0.3, 0.4) is 0 Å². The highest BCUT2D eigenvalue weighted by molar-refractivity contribution is 6.31. The lowest BCUT2D eigenvalue weighted by Crippen LogP contribution is -1.80. The van der Waals surface area contributed by atoms with Gasteiger partial charge in [0, 0.05) is 5.02 Å². The number of benzene rings is 1. The van der Waals surface area contributed by atoms with Gasteiger partial charge in [-0.15, -0.1) is 0 Å². The third-order valence-corrected chi connectivity index (χ3v) is 2.48. The van der Waals surface area contributed by atoms with Crippen molar-refractivity contribution in [1.82, 2.24) is 0 Å². The Bertz CT molecular complexity index is 348. The van der Waals surface area contributed by atoms with Crippen molar-refractivity contribution in [3.8, 4) is 0 Å². The first-order valence-corrected chi connectivity index (χ1v) is 5.21.